The average Bonchev–Trinajstić information content (AvgIpc) is 2.88. The summed E-state index contributed by atoms with van der Waals surface area (Å²) in [5.41, 5.74) is 0. The molecule has 0 spiro atoms. The number of hydroxylamine groups is 1. The Morgan fingerprint density at radius 1 is 0.361 bits per heavy atom. The third-order valence-electron chi connectivity index (χ3n) is 7.87. The standard InChI is InChI=1S/C34H69NO/c1-3-5-7-9-11-13-15-17-19-20-22-24-26-28-30-32-34-35(36)33-31-29-27-25-23-21-18-16-14-12-10-8-6-4-2/h33H,3-32,34H2,1-2H3/b35-33+. The highest BCUT2D eigenvalue weighted by atomic mass is 16.5. The normalized spacial score (nSPS) is 12.0. The number of unbranched alkanes of at least 4 members (excludes halogenated alkanes) is 28. The summed E-state index contributed by atoms with van der Waals surface area (Å²) in [6.45, 7) is 5.29. The van der Waals surface area contributed by atoms with E-state index >= 15 is 0 Å². The second-order valence-electron chi connectivity index (χ2n) is 11.7. The van der Waals surface area contributed by atoms with Crippen LogP contribution >= 0.6 is 0 Å². The molecule has 2 nitrogen and oxygen atoms in total. The molecule has 0 rings (SSSR count). The third kappa shape index (κ3) is 31.5. The summed E-state index contributed by atoms with van der Waals surface area (Å²) >= 11 is 0. The fourth-order valence-electron chi connectivity index (χ4n) is 5.30. The van der Waals surface area contributed by atoms with E-state index in [-0.39, 0.29) is 0 Å². The van der Waals surface area contributed by atoms with Crippen LogP contribution in [0.25, 0.3) is 0 Å². The molecule has 0 aliphatic rings. The third-order valence-corrected chi connectivity index (χ3v) is 7.87. The van der Waals surface area contributed by atoms with E-state index in [2.05, 4.69) is 13.8 Å². The van der Waals surface area contributed by atoms with Gasteiger partial charge in [-0.05, 0) is 12.8 Å². The molecule has 0 atom stereocenters. The van der Waals surface area contributed by atoms with Gasteiger partial charge in [-0.25, -0.2) is 4.74 Å². The topological polar surface area (TPSA) is 26.1 Å². The summed E-state index contributed by atoms with van der Waals surface area (Å²) in [4.78, 5) is 0. The average molecular weight is 508 g/mol. The van der Waals surface area contributed by atoms with Gasteiger partial charge >= 0.3 is 0 Å². The minimum atomic E-state index is 0.705. The summed E-state index contributed by atoms with van der Waals surface area (Å²) in [6.07, 6.45) is 43.0. The summed E-state index contributed by atoms with van der Waals surface area (Å²) in [5.74, 6) is 0. The molecule has 36 heavy (non-hydrogen) atoms. The van der Waals surface area contributed by atoms with Gasteiger partial charge in [-0.15, -0.1) is 0 Å². The van der Waals surface area contributed by atoms with Gasteiger partial charge in [-0.2, -0.15) is 0 Å². The highest BCUT2D eigenvalue weighted by Crippen LogP contribution is 2.14. The molecule has 0 N–H and O–H groups in total. The first-order valence-electron chi connectivity index (χ1n) is 17.1. The van der Waals surface area contributed by atoms with Gasteiger partial charge in [-0.1, -0.05) is 181 Å². The highest BCUT2D eigenvalue weighted by molar-refractivity contribution is 5.50. The van der Waals surface area contributed by atoms with Crippen LogP contribution in [0.15, 0.2) is 0 Å². The van der Waals surface area contributed by atoms with E-state index in [0.29, 0.717) is 6.54 Å². The summed E-state index contributed by atoms with van der Waals surface area (Å²) in [6, 6.07) is 0. The van der Waals surface area contributed by atoms with Gasteiger partial charge in [0.1, 0.15) is 0 Å². The van der Waals surface area contributed by atoms with Crippen LogP contribution in [0.4, 0.5) is 0 Å². The smallest absolute Gasteiger partial charge is 0.153 e. The minimum absolute atomic E-state index is 0.705. The second kappa shape index (κ2) is 32.5. The SMILES string of the molecule is CCCCCCCCCCCCCCC/C=[N+](/[O-])CCCCCCCCCCCCCCCCCC. The van der Waals surface area contributed by atoms with Crippen LogP contribution in [0.1, 0.15) is 206 Å². The number of hydrogen-bond donors (Lipinski definition) is 0. The lowest BCUT2D eigenvalue weighted by atomic mass is 10.0. The molecule has 0 saturated heterocycles. The van der Waals surface area contributed by atoms with Crippen molar-refractivity contribution >= 4 is 6.21 Å². The molecule has 0 aromatic heterocycles. The van der Waals surface area contributed by atoms with Gasteiger partial charge in [0.05, 0.1) is 0 Å². The highest BCUT2D eigenvalue weighted by Gasteiger charge is 1.98. The van der Waals surface area contributed by atoms with Crippen molar-refractivity contribution in [3.8, 4) is 0 Å². The van der Waals surface area contributed by atoms with Crippen molar-refractivity contribution in [3.05, 3.63) is 5.21 Å². The molecule has 0 saturated carbocycles. The largest absolute Gasteiger partial charge is 0.624 e. The van der Waals surface area contributed by atoms with Crippen LogP contribution < -0.4 is 0 Å². The van der Waals surface area contributed by atoms with E-state index in [0.717, 1.165) is 12.8 Å². The molecule has 0 bridgehead atoms. The van der Waals surface area contributed by atoms with Crippen LogP contribution in [0, 0.1) is 5.21 Å². The van der Waals surface area contributed by atoms with Gasteiger partial charge in [0.2, 0.25) is 0 Å². The van der Waals surface area contributed by atoms with E-state index < -0.39 is 0 Å². The Kier molecular flexibility index (Phi) is 32.0. The Labute approximate surface area is 229 Å². The predicted octanol–water partition coefficient (Wildman–Crippen LogP) is 12.3. The maximum atomic E-state index is 12.0. The first-order valence-corrected chi connectivity index (χ1v) is 17.1. The zero-order chi connectivity index (χ0) is 26.2. The first-order chi connectivity index (χ1) is 17.8. The Morgan fingerprint density at radius 3 is 0.917 bits per heavy atom. The molecule has 2 heteroatoms. The van der Waals surface area contributed by atoms with Crippen molar-refractivity contribution in [2.45, 2.75) is 206 Å². The van der Waals surface area contributed by atoms with Crippen LogP contribution in [0.2, 0.25) is 0 Å². The van der Waals surface area contributed by atoms with Crippen molar-refractivity contribution in [2.75, 3.05) is 6.54 Å². The number of nitrogens with zero attached hydrogens (tertiary/aromatic N) is 1. The van der Waals surface area contributed by atoms with Crippen LogP contribution in [0.3, 0.4) is 0 Å². The van der Waals surface area contributed by atoms with Crippen molar-refractivity contribution in [1.29, 1.82) is 0 Å². The van der Waals surface area contributed by atoms with E-state index in [4.69, 9.17) is 0 Å². The first kappa shape index (κ1) is 35.5. The van der Waals surface area contributed by atoms with E-state index in [9.17, 15) is 5.21 Å². The van der Waals surface area contributed by atoms with E-state index in [1.807, 2.05) is 6.21 Å². The van der Waals surface area contributed by atoms with E-state index in [1.165, 1.54) is 185 Å². The Morgan fingerprint density at radius 2 is 0.611 bits per heavy atom. The minimum Gasteiger partial charge on any atom is -0.624 e. The van der Waals surface area contributed by atoms with Gasteiger partial charge in [0.15, 0.2) is 12.8 Å². The summed E-state index contributed by atoms with van der Waals surface area (Å²) < 4.78 is 1.21. The predicted molar refractivity (Wildman–Crippen MR) is 164 cm³/mol. The van der Waals surface area contributed by atoms with Crippen LogP contribution in [-0.2, 0) is 0 Å². The zero-order valence-electron chi connectivity index (χ0n) is 25.4. The Balaban J connectivity index is 3.21. The van der Waals surface area contributed by atoms with Gasteiger partial charge < -0.3 is 5.21 Å². The molecule has 0 amide bonds. The Bertz CT molecular complexity index is 419. The molecule has 0 unspecified atom stereocenters. The molecular formula is C34H69NO. The lowest BCUT2D eigenvalue weighted by Crippen LogP contribution is -2.06. The molecule has 0 aliphatic carbocycles. The fourth-order valence-corrected chi connectivity index (χ4v) is 5.30. The molecule has 0 aromatic carbocycles. The lowest BCUT2D eigenvalue weighted by Gasteiger charge is -2.05. The second-order valence-corrected chi connectivity index (χ2v) is 11.7. The number of hydrogen-bond acceptors (Lipinski definition) is 1. The van der Waals surface area contributed by atoms with Gasteiger partial charge in [-0.3, -0.25) is 0 Å². The van der Waals surface area contributed by atoms with Gasteiger partial charge in [0.25, 0.3) is 0 Å². The molecule has 216 valence electrons. The van der Waals surface area contributed by atoms with Crippen LogP contribution in [-0.4, -0.2) is 17.5 Å². The summed E-state index contributed by atoms with van der Waals surface area (Å²) in [5, 5.41) is 12.0. The quantitative estimate of drug-likeness (QED) is 0.0301. The van der Waals surface area contributed by atoms with Gasteiger partial charge in [0, 0.05) is 12.8 Å². The van der Waals surface area contributed by atoms with Crippen molar-refractivity contribution in [3.63, 3.8) is 0 Å². The fraction of sp³-hybridized carbons (Fsp3) is 0.971. The van der Waals surface area contributed by atoms with Crippen LogP contribution in [0.5, 0.6) is 0 Å². The van der Waals surface area contributed by atoms with Crippen molar-refractivity contribution < 1.29 is 4.74 Å². The van der Waals surface area contributed by atoms with E-state index in [1.54, 1.807) is 0 Å². The molecule has 0 aliphatic heterocycles. The van der Waals surface area contributed by atoms with Crippen molar-refractivity contribution in [1.82, 2.24) is 0 Å². The lowest BCUT2D eigenvalue weighted by molar-refractivity contribution is -0.454. The molecule has 0 heterocycles. The summed E-state index contributed by atoms with van der Waals surface area (Å²) in [7, 11) is 0. The monoisotopic (exact) mass is 508 g/mol. The molecule has 0 radical (unpaired) electrons. The van der Waals surface area contributed by atoms with Crippen molar-refractivity contribution in [2.24, 2.45) is 0 Å². The molecule has 0 fully saturated rings. The Hall–Kier alpha value is -0.530. The zero-order valence-corrected chi connectivity index (χ0v) is 25.4. The molecular weight excluding hydrogens is 438 g/mol. The number of rotatable bonds is 31. The maximum absolute atomic E-state index is 12.0. The maximum Gasteiger partial charge on any atom is 0.153 e. The molecule has 0 aromatic rings.